The van der Waals surface area contributed by atoms with Crippen LogP contribution in [0.3, 0.4) is 0 Å². The highest BCUT2D eigenvalue weighted by Crippen LogP contribution is 2.25. The molecular weight excluding hydrogens is 450 g/mol. The summed E-state index contributed by atoms with van der Waals surface area (Å²) in [5.41, 5.74) is 0.693. The highest BCUT2D eigenvalue weighted by molar-refractivity contribution is 7.89. The fourth-order valence-corrected chi connectivity index (χ4v) is 3.46. The summed E-state index contributed by atoms with van der Waals surface area (Å²) in [6.07, 6.45) is 2.76. The maximum absolute atomic E-state index is 12.3. The van der Waals surface area contributed by atoms with E-state index in [0.29, 0.717) is 16.4 Å². The van der Waals surface area contributed by atoms with Crippen molar-refractivity contribution in [2.24, 2.45) is 5.14 Å². The van der Waals surface area contributed by atoms with Crippen LogP contribution in [0.15, 0.2) is 53.9 Å². The number of anilines is 1. The Bertz CT molecular complexity index is 1230. The standard InChI is InChI=1S/C18H16ClN5O6S/c1-29-15-5-2-11(6-16(15)31(20,27)28)18(26)30-8-17(25)23-13-7-12(19)3-4-14(13)24-10-21-9-22-24/h2-7,9-10H,8H2,1H3,(H,23,25)(H2,20,27,28). The van der Waals surface area contributed by atoms with Crippen LogP contribution in [0, 0.1) is 0 Å². The average Bonchev–Trinajstić information content (AvgIpc) is 3.25. The van der Waals surface area contributed by atoms with E-state index in [1.54, 1.807) is 12.1 Å². The fraction of sp³-hybridized carbons (Fsp3) is 0.111. The first-order valence-electron chi connectivity index (χ1n) is 8.51. The third-order valence-corrected chi connectivity index (χ3v) is 5.11. The van der Waals surface area contributed by atoms with Crippen molar-refractivity contribution in [3.63, 3.8) is 0 Å². The molecular formula is C18H16ClN5O6S. The van der Waals surface area contributed by atoms with E-state index in [0.717, 1.165) is 6.07 Å². The van der Waals surface area contributed by atoms with E-state index < -0.39 is 28.5 Å². The highest BCUT2D eigenvalue weighted by atomic mass is 35.5. The zero-order chi connectivity index (χ0) is 22.6. The third-order valence-electron chi connectivity index (χ3n) is 3.94. The molecule has 0 bridgehead atoms. The zero-order valence-electron chi connectivity index (χ0n) is 16.0. The molecule has 1 aromatic heterocycles. The lowest BCUT2D eigenvalue weighted by molar-refractivity contribution is -0.119. The summed E-state index contributed by atoms with van der Waals surface area (Å²) in [5.74, 6) is -1.61. The van der Waals surface area contributed by atoms with E-state index >= 15 is 0 Å². The molecule has 0 aliphatic carbocycles. The molecule has 11 nitrogen and oxygen atoms in total. The monoisotopic (exact) mass is 465 g/mol. The molecule has 0 aliphatic rings. The number of sulfonamides is 1. The van der Waals surface area contributed by atoms with Crippen LogP contribution in [0.4, 0.5) is 5.69 Å². The van der Waals surface area contributed by atoms with Crippen LogP contribution in [-0.4, -0.2) is 48.8 Å². The third kappa shape index (κ3) is 5.36. The molecule has 0 spiro atoms. The number of hydrogen-bond donors (Lipinski definition) is 2. The highest BCUT2D eigenvalue weighted by Gasteiger charge is 2.19. The Hall–Kier alpha value is -3.48. The number of primary sulfonamides is 1. The van der Waals surface area contributed by atoms with E-state index in [-0.39, 0.29) is 16.2 Å². The number of carbonyl (C=O) groups is 2. The number of carbonyl (C=O) groups excluding carboxylic acids is 2. The van der Waals surface area contributed by atoms with Gasteiger partial charge < -0.3 is 14.8 Å². The number of hydrogen-bond acceptors (Lipinski definition) is 8. The van der Waals surface area contributed by atoms with Gasteiger partial charge in [0.1, 0.15) is 23.3 Å². The van der Waals surface area contributed by atoms with E-state index in [2.05, 4.69) is 15.4 Å². The van der Waals surface area contributed by atoms with Gasteiger partial charge in [-0.15, -0.1) is 0 Å². The van der Waals surface area contributed by atoms with Gasteiger partial charge in [0.2, 0.25) is 10.0 Å². The maximum atomic E-state index is 12.3. The minimum atomic E-state index is -4.14. The van der Waals surface area contributed by atoms with E-state index in [1.807, 2.05) is 0 Å². The number of amides is 1. The summed E-state index contributed by atoms with van der Waals surface area (Å²) in [5, 5.41) is 12.1. The Balaban J connectivity index is 1.71. The van der Waals surface area contributed by atoms with E-state index in [4.69, 9.17) is 26.2 Å². The first kappa shape index (κ1) is 22.2. The lowest BCUT2D eigenvalue weighted by Gasteiger charge is -2.12. The van der Waals surface area contributed by atoms with Gasteiger partial charge in [-0.25, -0.2) is 28.0 Å². The number of nitrogens with zero attached hydrogens (tertiary/aromatic N) is 3. The Kier molecular flexibility index (Phi) is 6.53. The molecule has 3 rings (SSSR count). The van der Waals surface area contributed by atoms with Crippen molar-refractivity contribution in [2.45, 2.75) is 4.90 Å². The van der Waals surface area contributed by atoms with Gasteiger partial charge in [0.25, 0.3) is 5.91 Å². The van der Waals surface area contributed by atoms with Crippen molar-refractivity contribution in [2.75, 3.05) is 19.0 Å². The number of nitrogens with one attached hydrogen (secondary N) is 1. The molecule has 0 aliphatic heterocycles. The number of nitrogens with two attached hydrogens (primary N) is 1. The number of ether oxygens (including phenoxy) is 2. The molecule has 0 radical (unpaired) electrons. The summed E-state index contributed by atoms with van der Waals surface area (Å²) in [4.78, 5) is 28.0. The average molecular weight is 466 g/mol. The number of rotatable bonds is 7. The minimum absolute atomic E-state index is 0.0293. The molecule has 13 heteroatoms. The molecule has 1 amide bonds. The fourth-order valence-electron chi connectivity index (χ4n) is 2.57. The summed E-state index contributed by atoms with van der Waals surface area (Å²) < 4.78 is 34.7. The second kappa shape index (κ2) is 9.12. The molecule has 3 aromatic rings. The summed E-state index contributed by atoms with van der Waals surface area (Å²) in [7, 11) is -2.88. The van der Waals surface area contributed by atoms with E-state index in [1.165, 1.54) is 42.6 Å². The first-order chi connectivity index (χ1) is 14.7. The topological polar surface area (TPSA) is 156 Å². The minimum Gasteiger partial charge on any atom is -0.495 e. The first-order valence-corrected chi connectivity index (χ1v) is 10.4. The predicted octanol–water partition coefficient (Wildman–Crippen LogP) is 1.37. The van der Waals surface area contributed by atoms with E-state index in [9.17, 15) is 18.0 Å². The van der Waals surface area contributed by atoms with Gasteiger partial charge in [0, 0.05) is 5.02 Å². The van der Waals surface area contributed by atoms with Gasteiger partial charge in [-0.05, 0) is 36.4 Å². The lowest BCUT2D eigenvalue weighted by atomic mass is 10.2. The van der Waals surface area contributed by atoms with Gasteiger partial charge in [0.05, 0.1) is 24.0 Å². The molecule has 0 fully saturated rings. The van der Waals surface area contributed by atoms with Gasteiger partial charge >= 0.3 is 5.97 Å². The molecule has 0 saturated heterocycles. The predicted molar refractivity (Wildman–Crippen MR) is 110 cm³/mol. The van der Waals surface area contributed by atoms with Crippen molar-refractivity contribution in [1.29, 1.82) is 0 Å². The van der Waals surface area contributed by atoms with Crippen molar-refractivity contribution < 1.29 is 27.5 Å². The van der Waals surface area contributed by atoms with Crippen LogP contribution in [-0.2, 0) is 19.6 Å². The molecule has 2 aromatic carbocycles. The van der Waals surface area contributed by atoms with Crippen molar-refractivity contribution in [3.8, 4) is 11.4 Å². The molecule has 162 valence electrons. The van der Waals surface area contributed by atoms with Crippen LogP contribution in [0.1, 0.15) is 10.4 Å². The second-order valence-corrected chi connectivity index (χ2v) is 8.00. The quantitative estimate of drug-likeness (QED) is 0.495. The number of aromatic nitrogens is 3. The molecule has 0 saturated carbocycles. The molecule has 0 atom stereocenters. The van der Waals surface area contributed by atoms with Gasteiger partial charge in [-0.3, -0.25) is 4.79 Å². The van der Waals surface area contributed by atoms with Crippen molar-refractivity contribution in [1.82, 2.24) is 14.8 Å². The summed E-state index contributed by atoms with van der Waals surface area (Å²) >= 11 is 5.99. The summed E-state index contributed by atoms with van der Waals surface area (Å²) in [6.45, 7) is -0.640. The molecule has 0 unspecified atom stereocenters. The lowest BCUT2D eigenvalue weighted by Crippen LogP contribution is -2.22. The normalized spacial score (nSPS) is 11.1. The Morgan fingerprint density at radius 3 is 2.65 bits per heavy atom. The molecule has 3 N–H and O–H groups in total. The molecule has 1 heterocycles. The molecule has 31 heavy (non-hydrogen) atoms. The Morgan fingerprint density at radius 1 is 1.23 bits per heavy atom. The van der Waals surface area contributed by atoms with Gasteiger partial charge in [-0.2, -0.15) is 5.10 Å². The number of benzene rings is 2. The zero-order valence-corrected chi connectivity index (χ0v) is 17.6. The number of methoxy groups -OCH3 is 1. The number of halogens is 1. The van der Waals surface area contributed by atoms with Gasteiger partial charge in [-0.1, -0.05) is 11.6 Å². The van der Waals surface area contributed by atoms with Crippen molar-refractivity contribution in [3.05, 3.63) is 59.6 Å². The van der Waals surface area contributed by atoms with Crippen LogP contribution in [0.2, 0.25) is 5.02 Å². The summed E-state index contributed by atoms with van der Waals surface area (Å²) in [6, 6.07) is 8.29. The van der Waals surface area contributed by atoms with Crippen LogP contribution < -0.4 is 15.2 Å². The number of esters is 1. The second-order valence-electron chi connectivity index (χ2n) is 6.04. The van der Waals surface area contributed by atoms with Crippen molar-refractivity contribution >= 4 is 39.2 Å². The Morgan fingerprint density at radius 2 is 2.00 bits per heavy atom. The SMILES string of the molecule is COc1ccc(C(=O)OCC(=O)Nc2cc(Cl)ccc2-n2cncn2)cc1S(N)(=O)=O. The van der Waals surface area contributed by atoms with Crippen LogP contribution in [0.25, 0.3) is 5.69 Å². The maximum Gasteiger partial charge on any atom is 0.338 e. The smallest absolute Gasteiger partial charge is 0.338 e. The van der Waals surface area contributed by atoms with Crippen LogP contribution in [0.5, 0.6) is 5.75 Å². The van der Waals surface area contributed by atoms with Crippen LogP contribution >= 0.6 is 11.6 Å². The Labute approximate surface area is 181 Å². The largest absolute Gasteiger partial charge is 0.495 e. The van der Waals surface area contributed by atoms with Gasteiger partial charge in [0.15, 0.2) is 6.61 Å².